The summed E-state index contributed by atoms with van der Waals surface area (Å²) in [6, 6.07) is 26.8. The first kappa shape index (κ1) is 20.2. The van der Waals surface area contributed by atoms with Gasteiger partial charge >= 0.3 is 11.9 Å². The second-order valence-electron chi connectivity index (χ2n) is 9.47. The average molecular weight is 439 g/mol. The number of hydrogen-bond donors (Lipinski definition) is 0. The molecule has 0 saturated heterocycles. The van der Waals surface area contributed by atoms with Crippen molar-refractivity contribution in [2.75, 3.05) is 0 Å². The fourth-order valence-corrected chi connectivity index (χ4v) is 6.51. The summed E-state index contributed by atoms with van der Waals surface area (Å²) >= 11 is 0. The Morgan fingerprint density at radius 2 is 1.12 bits per heavy atom. The van der Waals surface area contributed by atoms with Crippen LogP contribution in [-0.2, 0) is 15.9 Å². The summed E-state index contributed by atoms with van der Waals surface area (Å²) in [5.74, 6) is 0.387. The quantitative estimate of drug-likeness (QED) is 0.510. The molecule has 4 aliphatic carbocycles. The van der Waals surface area contributed by atoms with E-state index >= 15 is 0 Å². The van der Waals surface area contributed by atoms with Crippen LogP contribution < -0.4 is 0 Å². The fraction of sp³-hybridized carbons (Fsp3) is 0.310. The Kier molecular flexibility index (Phi) is 5.01. The van der Waals surface area contributed by atoms with E-state index in [0.717, 1.165) is 19.3 Å². The van der Waals surface area contributed by atoms with Gasteiger partial charge in [-0.25, -0.2) is 9.59 Å². The highest BCUT2D eigenvalue weighted by molar-refractivity contribution is 5.90. The number of carbonyl (C=O) groups excluding carboxylic acids is 2. The summed E-state index contributed by atoms with van der Waals surface area (Å²) in [5, 5.41) is 0. The maximum Gasteiger partial charge on any atom is 0.338 e. The lowest BCUT2D eigenvalue weighted by Gasteiger charge is -2.53. The van der Waals surface area contributed by atoms with Gasteiger partial charge in [0.25, 0.3) is 0 Å². The lowest BCUT2D eigenvalue weighted by atomic mass is 9.56. The van der Waals surface area contributed by atoms with E-state index in [4.69, 9.17) is 9.47 Å². The van der Waals surface area contributed by atoms with Crippen LogP contribution in [0.4, 0.5) is 0 Å². The third-order valence-electron chi connectivity index (χ3n) is 7.85. The van der Waals surface area contributed by atoms with Gasteiger partial charge < -0.3 is 9.47 Å². The van der Waals surface area contributed by atoms with Crippen LogP contribution in [0.5, 0.6) is 0 Å². The molecule has 0 heterocycles. The van der Waals surface area contributed by atoms with E-state index in [1.807, 2.05) is 36.4 Å². The normalized spacial score (nSPS) is 29.1. The van der Waals surface area contributed by atoms with Gasteiger partial charge in [-0.2, -0.15) is 0 Å². The van der Waals surface area contributed by atoms with Gasteiger partial charge in [-0.05, 0) is 66.5 Å². The molecule has 0 aromatic heterocycles. The molecule has 2 bridgehead atoms. The zero-order valence-corrected chi connectivity index (χ0v) is 18.3. The van der Waals surface area contributed by atoms with Crippen molar-refractivity contribution in [1.82, 2.24) is 0 Å². The third kappa shape index (κ3) is 3.45. The van der Waals surface area contributed by atoms with Crippen LogP contribution in [0.1, 0.15) is 50.6 Å². The van der Waals surface area contributed by atoms with Crippen molar-refractivity contribution in [3.05, 3.63) is 107 Å². The van der Waals surface area contributed by atoms with Gasteiger partial charge in [-0.1, -0.05) is 60.7 Å². The van der Waals surface area contributed by atoms with Gasteiger partial charge in [0.1, 0.15) is 12.2 Å². The number of esters is 2. The average Bonchev–Trinajstić information content (AvgIpc) is 3.27. The maximum atomic E-state index is 13.1. The number of hydrogen-bond acceptors (Lipinski definition) is 4. The molecular formula is C29H26O4. The van der Waals surface area contributed by atoms with E-state index in [1.54, 1.807) is 24.3 Å². The van der Waals surface area contributed by atoms with Crippen molar-refractivity contribution in [1.29, 1.82) is 0 Å². The van der Waals surface area contributed by atoms with Crippen LogP contribution >= 0.6 is 0 Å². The molecule has 4 nitrogen and oxygen atoms in total. The number of carbonyl (C=O) groups is 2. The second kappa shape index (κ2) is 8.18. The molecule has 3 aromatic carbocycles. The second-order valence-corrected chi connectivity index (χ2v) is 9.47. The van der Waals surface area contributed by atoms with E-state index in [2.05, 4.69) is 24.3 Å². The van der Waals surface area contributed by atoms with Crippen molar-refractivity contribution in [3.63, 3.8) is 0 Å². The number of fused-ring (bicyclic) bond motifs is 3. The van der Waals surface area contributed by atoms with Gasteiger partial charge in [0, 0.05) is 11.8 Å². The van der Waals surface area contributed by atoms with Crippen LogP contribution in [0, 0.1) is 17.8 Å². The minimum absolute atomic E-state index is 0.143. The SMILES string of the molecule is O=C(OC1C2CCC(C3Cc4ccccc4C32)[C@H]1OC(=O)c1ccccc1)c1ccccc1. The molecule has 0 amide bonds. The van der Waals surface area contributed by atoms with Crippen LogP contribution in [0.2, 0.25) is 0 Å². The highest BCUT2D eigenvalue weighted by Gasteiger charge is 2.59. The largest absolute Gasteiger partial charge is 0.455 e. The van der Waals surface area contributed by atoms with Crippen molar-refractivity contribution in [2.24, 2.45) is 17.8 Å². The molecule has 7 rings (SSSR count). The van der Waals surface area contributed by atoms with Crippen molar-refractivity contribution < 1.29 is 19.1 Å². The molecule has 33 heavy (non-hydrogen) atoms. The Hall–Kier alpha value is -3.40. The van der Waals surface area contributed by atoms with Crippen molar-refractivity contribution >= 4 is 11.9 Å². The van der Waals surface area contributed by atoms with Crippen LogP contribution in [0.25, 0.3) is 0 Å². The third-order valence-corrected chi connectivity index (χ3v) is 7.85. The molecule has 0 aliphatic heterocycles. The molecule has 166 valence electrons. The van der Waals surface area contributed by atoms with Crippen LogP contribution in [-0.4, -0.2) is 24.1 Å². The van der Waals surface area contributed by atoms with Gasteiger partial charge in [0.15, 0.2) is 0 Å². The first-order chi connectivity index (χ1) is 16.2. The van der Waals surface area contributed by atoms with E-state index in [0.29, 0.717) is 23.0 Å². The number of ether oxygens (including phenoxy) is 2. The predicted octanol–water partition coefficient (Wildman–Crippen LogP) is 5.43. The first-order valence-corrected chi connectivity index (χ1v) is 11.8. The molecule has 3 saturated carbocycles. The van der Waals surface area contributed by atoms with E-state index in [-0.39, 0.29) is 23.8 Å². The molecule has 6 atom stereocenters. The Labute approximate surface area is 193 Å². The minimum Gasteiger partial charge on any atom is -0.455 e. The molecule has 0 radical (unpaired) electrons. The molecule has 3 aromatic rings. The van der Waals surface area contributed by atoms with E-state index in [1.165, 1.54) is 11.1 Å². The molecule has 0 N–H and O–H groups in total. The highest BCUT2D eigenvalue weighted by Crippen LogP contribution is 2.59. The Bertz CT molecular complexity index is 1170. The van der Waals surface area contributed by atoms with Crippen molar-refractivity contribution in [3.8, 4) is 0 Å². The smallest absolute Gasteiger partial charge is 0.338 e. The molecule has 0 spiro atoms. The summed E-state index contributed by atoms with van der Waals surface area (Å²) in [7, 11) is 0. The highest BCUT2D eigenvalue weighted by atomic mass is 16.6. The summed E-state index contributed by atoms with van der Waals surface area (Å²) in [5.41, 5.74) is 3.81. The molecule has 4 heteroatoms. The van der Waals surface area contributed by atoms with Crippen molar-refractivity contribution in [2.45, 2.75) is 37.4 Å². The predicted molar refractivity (Wildman–Crippen MR) is 124 cm³/mol. The Morgan fingerprint density at radius 3 is 1.76 bits per heavy atom. The van der Waals surface area contributed by atoms with E-state index < -0.39 is 12.2 Å². The van der Waals surface area contributed by atoms with Crippen LogP contribution in [0.15, 0.2) is 84.9 Å². The Balaban J connectivity index is 1.34. The lowest BCUT2D eigenvalue weighted by Crippen LogP contribution is -2.57. The number of rotatable bonds is 4. The fourth-order valence-electron chi connectivity index (χ4n) is 6.51. The maximum absolute atomic E-state index is 13.1. The summed E-state index contributed by atoms with van der Waals surface area (Å²) in [6.45, 7) is 0. The zero-order chi connectivity index (χ0) is 22.4. The van der Waals surface area contributed by atoms with Gasteiger partial charge in [-0.3, -0.25) is 0 Å². The molecular weight excluding hydrogens is 412 g/mol. The molecule has 5 unspecified atom stereocenters. The monoisotopic (exact) mass is 438 g/mol. The summed E-state index contributed by atoms with van der Waals surface area (Å²) < 4.78 is 12.3. The molecule has 4 aliphatic rings. The summed E-state index contributed by atoms with van der Waals surface area (Å²) in [6.07, 6.45) is 2.09. The minimum atomic E-state index is -0.448. The van der Waals surface area contributed by atoms with E-state index in [9.17, 15) is 9.59 Å². The Morgan fingerprint density at radius 1 is 0.606 bits per heavy atom. The van der Waals surface area contributed by atoms with Gasteiger partial charge in [0.05, 0.1) is 11.1 Å². The zero-order valence-electron chi connectivity index (χ0n) is 18.3. The standard InChI is InChI=1S/C29H26O4/c30-28(18-9-3-1-4-10-18)32-26-22-15-16-23(25-21-14-8-7-13-20(21)17-24(22)25)27(26)33-29(31)19-11-5-2-6-12-19/h1-14,22-27H,15-17H2/t22?,23?,24?,25?,26-,27?/m1/s1. The summed E-state index contributed by atoms with van der Waals surface area (Å²) in [4.78, 5) is 26.1. The molecule has 3 fully saturated rings. The number of benzene rings is 3. The topological polar surface area (TPSA) is 52.6 Å². The van der Waals surface area contributed by atoms with Gasteiger partial charge in [-0.15, -0.1) is 0 Å². The van der Waals surface area contributed by atoms with Crippen LogP contribution in [0.3, 0.4) is 0 Å². The van der Waals surface area contributed by atoms with Gasteiger partial charge in [0.2, 0.25) is 0 Å². The first-order valence-electron chi connectivity index (χ1n) is 11.8. The lowest BCUT2D eigenvalue weighted by molar-refractivity contribution is -0.147.